The molecule has 1 saturated carbocycles. The molecule has 3 unspecified atom stereocenters. The number of ether oxygens (including phenoxy) is 1. The molecule has 7 heteroatoms. The van der Waals surface area contributed by atoms with Gasteiger partial charge in [0, 0.05) is 23.8 Å². The van der Waals surface area contributed by atoms with Gasteiger partial charge in [-0.3, -0.25) is 14.4 Å². The lowest BCUT2D eigenvalue weighted by Crippen LogP contribution is -2.39. The number of esters is 1. The number of anilines is 1. The first kappa shape index (κ1) is 19.4. The van der Waals surface area contributed by atoms with Gasteiger partial charge in [0.15, 0.2) is 0 Å². The molecule has 146 valence electrons. The largest absolute Gasteiger partial charge is 0.469 e. The summed E-state index contributed by atoms with van der Waals surface area (Å²) in [4.78, 5) is 35.6. The SMILES string of the molecule is COC(=O)CCNC(=O)c1ccc(NC(=O)C2CC3CCCCC3N2)cc1. The van der Waals surface area contributed by atoms with Crippen molar-refractivity contribution in [1.82, 2.24) is 10.6 Å². The summed E-state index contributed by atoms with van der Waals surface area (Å²) in [6, 6.07) is 7.09. The molecule has 1 saturated heterocycles. The van der Waals surface area contributed by atoms with E-state index in [0.717, 1.165) is 12.8 Å². The summed E-state index contributed by atoms with van der Waals surface area (Å²) in [6.07, 6.45) is 5.91. The molecule has 3 rings (SSSR count). The van der Waals surface area contributed by atoms with E-state index in [4.69, 9.17) is 0 Å². The van der Waals surface area contributed by atoms with Crippen molar-refractivity contribution in [1.29, 1.82) is 0 Å². The van der Waals surface area contributed by atoms with Crippen LogP contribution in [0.3, 0.4) is 0 Å². The summed E-state index contributed by atoms with van der Waals surface area (Å²) < 4.78 is 4.53. The van der Waals surface area contributed by atoms with Crippen LogP contribution >= 0.6 is 0 Å². The molecule has 1 aromatic carbocycles. The lowest BCUT2D eigenvalue weighted by Gasteiger charge is -2.24. The first-order valence-electron chi connectivity index (χ1n) is 9.59. The molecule has 3 N–H and O–H groups in total. The molecule has 0 radical (unpaired) electrons. The topological polar surface area (TPSA) is 96.5 Å². The summed E-state index contributed by atoms with van der Waals surface area (Å²) in [5.74, 6) is -0.0303. The smallest absolute Gasteiger partial charge is 0.307 e. The van der Waals surface area contributed by atoms with E-state index >= 15 is 0 Å². The standard InChI is InChI=1S/C20H27N3O4/c1-27-18(24)10-11-21-19(25)13-6-8-15(9-7-13)22-20(26)17-12-14-4-2-3-5-16(14)23-17/h6-9,14,16-17,23H,2-5,10-12H2,1H3,(H,21,25)(H,22,26). The van der Waals surface area contributed by atoms with Crippen LogP contribution in [-0.2, 0) is 14.3 Å². The van der Waals surface area contributed by atoms with E-state index < -0.39 is 0 Å². The Morgan fingerprint density at radius 2 is 1.89 bits per heavy atom. The molecule has 1 aromatic rings. The van der Waals surface area contributed by atoms with Crippen molar-refractivity contribution in [2.45, 2.75) is 50.6 Å². The number of benzene rings is 1. The quantitative estimate of drug-likeness (QED) is 0.661. The number of fused-ring (bicyclic) bond motifs is 1. The minimum Gasteiger partial charge on any atom is -0.469 e. The van der Waals surface area contributed by atoms with E-state index in [0.29, 0.717) is 23.2 Å². The van der Waals surface area contributed by atoms with Gasteiger partial charge in [-0.15, -0.1) is 0 Å². The van der Waals surface area contributed by atoms with Crippen molar-refractivity contribution < 1.29 is 19.1 Å². The molecule has 0 spiro atoms. The maximum absolute atomic E-state index is 12.5. The molecule has 7 nitrogen and oxygen atoms in total. The van der Waals surface area contributed by atoms with Crippen molar-refractivity contribution in [2.75, 3.05) is 19.0 Å². The van der Waals surface area contributed by atoms with Crippen LogP contribution in [0.2, 0.25) is 0 Å². The molecule has 0 bridgehead atoms. The Bertz CT molecular complexity index is 675. The van der Waals surface area contributed by atoms with E-state index in [1.165, 1.54) is 26.4 Å². The van der Waals surface area contributed by atoms with Gasteiger partial charge in [0.05, 0.1) is 19.6 Å². The zero-order chi connectivity index (χ0) is 19.2. The van der Waals surface area contributed by atoms with Crippen molar-refractivity contribution in [2.24, 2.45) is 5.92 Å². The molecule has 3 atom stereocenters. The van der Waals surface area contributed by atoms with Crippen LogP contribution in [0.4, 0.5) is 5.69 Å². The predicted molar refractivity (Wildman–Crippen MR) is 101 cm³/mol. The van der Waals surface area contributed by atoms with Gasteiger partial charge in [-0.25, -0.2) is 0 Å². The number of amides is 2. The third kappa shape index (κ3) is 5.07. The van der Waals surface area contributed by atoms with Crippen LogP contribution < -0.4 is 16.0 Å². The number of methoxy groups -OCH3 is 1. The Hall–Kier alpha value is -2.41. The Morgan fingerprint density at radius 3 is 2.59 bits per heavy atom. The highest BCUT2D eigenvalue weighted by Gasteiger charge is 2.38. The van der Waals surface area contributed by atoms with Crippen LogP contribution in [0.1, 0.15) is 48.9 Å². The maximum atomic E-state index is 12.5. The molecule has 2 amide bonds. The number of rotatable bonds is 6. The van der Waals surface area contributed by atoms with Crippen LogP contribution in [-0.4, -0.2) is 43.5 Å². The lowest BCUT2D eigenvalue weighted by molar-refractivity contribution is -0.140. The van der Waals surface area contributed by atoms with E-state index in [2.05, 4.69) is 20.7 Å². The zero-order valence-corrected chi connectivity index (χ0v) is 15.6. The Balaban J connectivity index is 1.48. The molecule has 0 aromatic heterocycles. The molecule has 27 heavy (non-hydrogen) atoms. The summed E-state index contributed by atoms with van der Waals surface area (Å²) in [5.41, 5.74) is 1.14. The fourth-order valence-electron chi connectivity index (χ4n) is 3.94. The third-order valence-corrected chi connectivity index (χ3v) is 5.44. The summed E-state index contributed by atoms with van der Waals surface area (Å²) in [5, 5.41) is 9.06. The van der Waals surface area contributed by atoms with E-state index in [-0.39, 0.29) is 36.8 Å². The van der Waals surface area contributed by atoms with Gasteiger partial charge in [-0.1, -0.05) is 12.8 Å². The predicted octanol–water partition coefficient (Wildman–Crippen LogP) is 1.84. The van der Waals surface area contributed by atoms with Crippen molar-refractivity contribution in [3.8, 4) is 0 Å². The second kappa shape index (κ2) is 8.99. The van der Waals surface area contributed by atoms with Crippen LogP contribution in [0.5, 0.6) is 0 Å². The first-order chi connectivity index (χ1) is 13.1. The number of nitrogens with one attached hydrogen (secondary N) is 3. The maximum Gasteiger partial charge on any atom is 0.307 e. The Kier molecular flexibility index (Phi) is 6.45. The molecule has 1 aliphatic carbocycles. The number of carbonyl (C=O) groups excluding carboxylic acids is 3. The highest BCUT2D eigenvalue weighted by molar-refractivity contribution is 5.97. The average molecular weight is 373 g/mol. The molecule has 2 aliphatic rings. The number of carbonyl (C=O) groups is 3. The summed E-state index contributed by atoms with van der Waals surface area (Å²) in [7, 11) is 1.31. The van der Waals surface area contributed by atoms with Crippen LogP contribution in [0.25, 0.3) is 0 Å². The van der Waals surface area contributed by atoms with Crippen molar-refractivity contribution in [3.05, 3.63) is 29.8 Å². The minimum absolute atomic E-state index is 0.0142. The average Bonchev–Trinajstić information content (AvgIpc) is 3.12. The Labute approximate surface area is 159 Å². The fourth-order valence-corrected chi connectivity index (χ4v) is 3.94. The van der Waals surface area contributed by atoms with E-state index in [1.807, 2.05) is 0 Å². The zero-order valence-electron chi connectivity index (χ0n) is 15.6. The number of hydrogen-bond acceptors (Lipinski definition) is 5. The van der Waals surface area contributed by atoms with Crippen molar-refractivity contribution in [3.63, 3.8) is 0 Å². The second-order valence-electron chi connectivity index (χ2n) is 7.25. The first-order valence-corrected chi connectivity index (χ1v) is 9.59. The normalized spacial score (nSPS) is 24.0. The minimum atomic E-state index is -0.367. The number of hydrogen-bond donors (Lipinski definition) is 3. The van der Waals surface area contributed by atoms with Gasteiger partial charge < -0.3 is 20.7 Å². The summed E-state index contributed by atoms with van der Waals surface area (Å²) >= 11 is 0. The highest BCUT2D eigenvalue weighted by Crippen LogP contribution is 2.33. The molecular formula is C20H27N3O4. The molecule has 2 fully saturated rings. The van der Waals surface area contributed by atoms with Gasteiger partial charge >= 0.3 is 5.97 Å². The van der Waals surface area contributed by atoms with Gasteiger partial charge in [-0.05, 0) is 49.4 Å². The van der Waals surface area contributed by atoms with Crippen molar-refractivity contribution >= 4 is 23.5 Å². The van der Waals surface area contributed by atoms with Gasteiger partial charge in [0.2, 0.25) is 5.91 Å². The van der Waals surface area contributed by atoms with E-state index in [1.54, 1.807) is 24.3 Å². The lowest BCUT2D eigenvalue weighted by atomic mass is 9.85. The van der Waals surface area contributed by atoms with Gasteiger partial charge in [-0.2, -0.15) is 0 Å². The second-order valence-corrected chi connectivity index (χ2v) is 7.25. The molecule has 1 heterocycles. The highest BCUT2D eigenvalue weighted by atomic mass is 16.5. The Morgan fingerprint density at radius 1 is 1.15 bits per heavy atom. The third-order valence-electron chi connectivity index (χ3n) is 5.44. The molecule has 1 aliphatic heterocycles. The van der Waals surface area contributed by atoms with Gasteiger partial charge in [0.1, 0.15) is 0 Å². The fraction of sp³-hybridized carbons (Fsp3) is 0.550. The monoisotopic (exact) mass is 373 g/mol. The summed E-state index contributed by atoms with van der Waals surface area (Å²) in [6.45, 7) is 0.222. The van der Waals surface area contributed by atoms with Crippen LogP contribution in [0.15, 0.2) is 24.3 Å². The van der Waals surface area contributed by atoms with Crippen LogP contribution in [0, 0.1) is 5.92 Å². The van der Waals surface area contributed by atoms with E-state index in [9.17, 15) is 14.4 Å². The van der Waals surface area contributed by atoms with Gasteiger partial charge in [0.25, 0.3) is 5.91 Å². The molecular weight excluding hydrogens is 346 g/mol.